The number of nitrogens with one attached hydrogen (secondary N) is 1. The molecule has 3 rings (SSSR count). The monoisotopic (exact) mass is 404 g/mol. The van der Waals surface area contributed by atoms with Crippen molar-refractivity contribution in [3.63, 3.8) is 0 Å². The molecule has 1 saturated heterocycles. The quantitative estimate of drug-likeness (QED) is 0.752. The van der Waals surface area contributed by atoms with Gasteiger partial charge in [-0.3, -0.25) is 9.59 Å². The summed E-state index contributed by atoms with van der Waals surface area (Å²) in [6, 6.07) is 11.2. The van der Waals surface area contributed by atoms with Gasteiger partial charge in [0.15, 0.2) is 0 Å². The zero-order valence-electron chi connectivity index (χ0n) is 15.4. The highest BCUT2D eigenvalue weighted by Crippen LogP contribution is 2.36. The molecule has 0 bridgehead atoms. The van der Waals surface area contributed by atoms with E-state index in [9.17, 15) is 9.59 Å². The molecule has 27 heavy (non-hydrogen) atoms. The van der Waals surface area contributed by atoms with Gasteiger partial charge >= 0.3 is 0 Å². The first-order chi connectivity index (χ1) is 13.0. The molecule has 1 aliphatic heterocycles. The van der Waals surface area contributed by atoms with E-state index in [2.05, 4.69) is 19.2 Å². The molecular formula is C21H22Cl2N2O2. The van der Waals surface area contributed by atoms with Gasteiger partial charge in [0.2, 0.25) is 11.8 Å². The first-order valence-corrected chi connectivity index (χ1v) is 9.87. The van der Waals surface area contributed by atoms with Crippen LogP contribution >= 0.6 is 23.2 Å². The number of nitrogens with zero attached hydrogens (tertiary/aromatic N) is 1. The van der Waals surface area contributed by atoms with E-state index in [1.807, 2.05) is 18.2 Å². The molecule has 0 aromatic heterocycles. The second-order valence-corrected chi connectivity index (χ2v) is 7.41. The SMILES string of the molecule is CCc1cccc(CC)c1NC(=O)[C@H]1CC(=O)N(c2cccc(Cl)c2Cl)C1. The number of hydrogen-bond donors (Lipinski definition) is 1. The Morgan fingerprint density at radius 3 is 2.37 bits per heavy atom. The normalized spacial score (nSPS) is 16.7. The van der Waals surface area contributed by atoms with Crippen molar-refractivity contribution in [3.8, 4) is 0 Å². The Hall–Kier alpha value is -2.04. The summed E-state index contributed by atoms with van der Waals surface area (Å²) in [5.41, 5.74) is 3.62. The van der Waals surface area contributed by atoms with E-state index in [-0.39, 0.29) is 18.2 Å². The first kappa shape index (κ1) is 19.7. The Kier molecular flexibility index (Phi) is 6.08. The van der Waals surface area contributed by atoms with Crippen LogP contribution in [0, 0.1) is 5.92 Å². The molecule has 2 aromatic carbocycles. The number of benzene rings is 2. The van der Waals surface area contributed by atoms with Gasteiger partial charge in [-0.2, -0.15) is 0 Å². The molecule has 0 radical (unpaired) electrons. The highest BCUT2D eigenvalue weighted by Gasteiger charge is 2.36. The lowest BCUT2D eigenvalue weighted by Gasteiger charge is -2.19. The van der Waals surface area contributed by atoms with Crippen molar-refractivity contribution in [1.29, 1.82) is 0 Å². The number of para-hydroxylation sites is 1. The minimum atomic E-state index is -0.429. The topological polar surface area (TPSA) is 49.4 Å². The van der Waals surface area contributed by atoms with E-state index >= 15 is 0 Å². The summed E-state index contributed by atoms with van der Waals surface area (Å²) in [7, 11) is 0. The fourth-order valence-corrected chi connectivity index (χ4v) is 3.84. The number of anilines is 2. The van der Waals surface area contributed by atoms with E-state index in [0.29, 0.717) is 22.3 Å². The van der Waals surface area contributed by atoms with Gasteiger partial charge in [0.25, 0.3) is 0 Å². The second kappa shape index (κ2) is 8.32. The van der Waals surface area contributed by atoms with Crippen LogP contribution in [0.15, 0.2) is 36.4 Å². The standard InChI is InChI=1S/C21H22Cl2N2O2/c1-3-13-7-5-8-14(4-2)20(13)24-21(27)15-11-18(26)25(12-15)17-10-6-9-16(22)19(17)23/h5-10,15H,3-4,11-12H2,1-2H3,(H,24,27)/t15-/m0/s1. The minimum Gasteiger partial charge on any atom is -0.325 e. The first-order valence-electron chi connectivity index (χ1n) is 9.12. The molecule has 1 heterocycles. The molecule has 142 valence electrons. The van der Waals surface area contributed by atoms with E-state index in [1.54, 1.807) is 23.1 Å². The van der Waals surface area contributed by atoms with Crippen LogP contribution in [0.25, 0.3) is 0 Å². The molecule has 1 N–H and O–H groups in total. The zero-order valence-corrected chi connectivity index (χ0v) is 16.9. The van der Waals surface area contributed by atoms with Gasteiger partial charge in [-0.05, 0) is 36.1 Å². The van der Waals surface area contributed by atoms with Crippen LogP contribution in [0.2, 0.25) is 10.0 Å². The Bertz CT molecular complexity index is 860. The van der Waals surface area contributed by atoms with Gasteiger partial charge in [0.05, 0.1) is 21.7 Å². The fraction of sp³-hybridized carbons (Fsp3) is 0.333. The molecule has 6 heteroatoms. The van der Waals surface area contributed by atoms with Gasteiger partial charge in [0.1, 0.15) is 0 Å². The zero-order chi connectivity index (χ0) is 19.6. The van der Waals surface area contributed by atoms with Crippen molar-refractivity contribution in [2.24, 2.45) is 5.92 Å². The summed E-state index contributed by atoms with van der Waals surface area (Å²) in [5, 5.41) is 3.78. The molecule has 2 aromatic rings. The van der Waals surface area contributed by atoms with Gasteiger partial charge in [-0.15, -0.1) is 0 Å². The number of carbonyl (C=O) groups excluding carboxylic acids is 2. The summed E-state index contributed by atoms with van der Waals surface area (Å²) < 4.78 is 0. The summed E-state index contributed by atoms with van der Waals surface area (Å²) in [5.74, 6) is -0.694. The molecule has 1 atom stereocenters. The van der Waals surface area contributed by atoms with Crippen LogP contribution in [-0.4, -0.2) is 18.4 Å². The third kappa shape index (κ3) is 3.97. The molecule has 0 aliphatic carbocycles. The van der Waals surface area contributed by atoms with Crippen molar-refractivity contribution in [2.45, 2.75) is 33.1 Å². The van der Waals surface area contributed by atoms with Crippen molar-refractivity contribution >= 4 is 46.4 Å². The molecule has 0 spiro atoms. The van der Waals surface area contributed by atoms with E-state index < -0.39 is 5.92 Å². The molecule has 1 aliphatic rings. The predicted octanol–water partition coefficient (Wildman–Crippen LogP) is 5.11. The van der Waals surface area contributed by atoms with E-state index in [1.165, 1.54) is 0 Å². The number of amides is 2. The van der Waals surface area contributed by atoms with Crippen LogP contribution in [0.5, 0.6) is 0 Å². The van der Waals surface area contributed by atoms with E-state index in [4.69, 9.17) is 23.2 Å². The smallest absolute Gasteiger partial charge is 0.229 e. The Morgan fingerprint density at radius 1 is 1.11 bits per heavy atom. The Labute approximate surface area is 169 Å². The highest BCUT2D eigenvalue weighted by molar-refractivity contribution is 6.44. The summed E-state index contributed by atoms with van der Waals surface area (Å²) in [6.45, 7) is 4.42. The van der Waals surface area contributed by atoms with Crippen molar-refractivity contribution in [3.05, 3.63) is 57.6 Å². The molecule has 0 unspecified atom stereocenters. The maximum Gasteiger partial charge on any atom is 0.229 e. The maximum atomic E-state index is 12.9. The van der Waals surface area contributed by atoms with Gasteiger partial charge < -0.3 is 10.2 Å². The lowest BCUT2D eigenvalue weighted by atomic mass is 10.0. The third-order valence-corrected chi connectivity index (χ3v) is 5.77. The van der Waals surface area contributed by atoms with Crippen LogP contribution in [-0.2, 0) is 22.4 Å². The molecule has 4 nitrogen and oxygen atoms in total. The summed E-state index contributed by atoms with van der Waals surface area (Å²) in [6.07, 6.45) is 1.82. The number of carbonyl (C=O) groups is 2. The second-order valence-electron chi connectivity index (χ2n) is 6.63. The maximum absolute atomic E-state index is 12.9. The van der Waals surface area contributed by atoms with Crippen molar-refractivity contribution < 1.29 is 9.59 Å². The molecule has 0 saturated carbocycles. The fourth-order valence-electron chi connectivity index (χ4n) is 3.45. The molecular weight excluding hydrogens is 383 g/mol. The van der Waals surface area contributed by atoms with Crippen LogP contribution < -0.4 is 10.2 Å². The lowest BCUT2D eigenvalue weighted by Crippen LogP contribution is -2.28. The highest BCUT2D eigenvalue weighted by atomic mass is 35.5. The number of halogens is 2. The van der Waals surface area contributed by atoms with Crippen molar-refractivity contribution in [2.75, 3.05) is 16.8 Å². The number of rotatable bonds is 5. The Balaban J connectivity index is 1.80. The lowest BCUT2D eigenvalue weighted by molar-refractivity contribution is -0.122. The van der Waals surface area contributed by atoms with Gasteiger partial charge in [0, 0.05) is 18.7 Å². The average molecular weight is 405 g/mol. The minimum absolute atomic E-state index is 0.126. The van der Waals surface area contributed by atoms with Crippen LogP contribution in [0.3, 0.4) is 0 Å². The molecule has 2 amide bonds. The number of hydrogen-bond acceptors (Lipinski definition) is 2. The average Bonchev–Trinajstić information content (AvgIpc) is 3.05. The molecule has 1 fully saturated rings. The number of aryl methyl sites for hydroxylation is 2. The van der Waals surface area contributed by atoms with Crippen molar-refractivity contribution in [1.82, 2.24) is 0 Å². The Morgan fingerprint density at radius 2 is 1.74 bits per heavy atom. The summed E-state index contributed by atoms with van der Waals surface area (Å²) in [4.78, 5) is 26.9. The van der Waals surface area contributed by atoms with Crippen LogP contribution in [0.4, 0.5) is 11.4 Å². The third-order valence-electron chi connectivity index (χ3n) is 4.96. The van der Waals surface area contributed by atoms with E-state index in [0.717, 1.165) is 29.7 Å². The van der Waals surface area contributed by atoms with Crippen LogP contribution in [0.1, 0.15) is 31.4 Å². The summed E-state index contributed by atoms with van der Waals surface area (Å²) >= 11 is 12.3. The largest absolute Gasteiger partial charge is 0.325 e. The van der Waals surface area contributed by atoms with Gasteiger partial charge in [-0.1, -0.05) is 61.3 Å². The van der Waals surface area contributed by atoms with Gasteiger partial charge in [-0.25, -0.2) is 0 Å². The predicted molar refractivity (Wildman–Crippen MR) is 111 cm³/mol.